The van der Waals surface area contributed by atoms with Crippen LogP contribution in [0.5, 0.6) is 0 Å². The zero-order valence-corrected chi connectivity index (χ0v) is 10.6. The zero-order valence-electron chi connectivity index (χ0n) is 10.6. The lowest BCUT2D eigenvalue weighted by Crippen LogP contribution is -2.35. The van der Waals surface area contributed by atoms with Crippen LogP contribution in [0.25, 0.3) is 0 Å². The van der Waals surface area contributed by atoms with Gasteiger partial charge in [0.25, 0.3) is 0 Å². The summed E-state index contributed by atoms with van der Waals surface area (Å²) in [5, 5.41) is 0. The van der Waals surface area contributed by atoms with Gasteiger partial charge in [-0.1, -0.05) is 41.5 Å². The Morgan fingerprint density at radius 1 is 1.00 bits per heavy atom. The first-order chi connectivity index (χ1) is 6.31. The van der Waals surface area contributed by atoms with E-state index in [0.717, 1.165) is 25.1 Å². The smallest absolute Gasteiger partial charge is 0.0998 e. The summed E-state index contributed by atoms with van der Waals surface area (Å²) in [4.78, 5) is 4.73. The van der Waals surface area contributed by atoms with Crippen LogP contribution in [0.4, 0.5) is 0 Å². The van der Waals surface area contributed by atoms with Gasteiger partial charge in [0, 0.05) is 5.41 Å². The molecule has 0 heterocycles. The molecule has 0 aromatic carbocycles. The first-order valence-electron chi connectivity index (χ1n) is 5.67. The molecule has 0 amide bonds. The second kappa shape index (κ2) is 4.81. The van der Waals surface area contributed by atoms with Crippen molar-refractivity contribution in [2.45, 2.75) is 66.3 Å². The van der Waals surface area contributed by atoms with Gasteiger partial charge in [0.15, 0.2) is 0 Å². The molecule has 84 valence electrons. The fraction of sp³-hybridized carbons (Fsp3) is 0.917. The van der Waals surface area contributed by atoms with Crippen LogP contribution in [-0.2, 0) is 0 Å². The Morgan fingerprint density at radius 2 is 1.36 bits per heavy atom. The van der Waals surface area contributed by atoms with E-state index in [1.807, 2.05) is 0 Å². The lowest BCUT2D eigenvalue weighted by atomic mass is 9.88. The largest absolute Gasteiger partial charge is 0.387 e. The number of rotatable bonds is 4. The first-order valence-corrected chi connectivity index (χ1v) is 5.67. The third-order valence-corrected chi connectivity index (χ3v) is 3.10. The second-order valence-corrected chi connectivity index (χ2v) is 5.03. The lowest BCUT2D eigenvalue weighted by molar-refractivity contribution is 0.379. The molecule has 0 radical (unpaired) electrons. The quantitative estimate of drug-likeness (QED) is 0.546. The van der Waals surface area contributed by atoms with Gasteiger partial charge in [0.05, 0.1) is 11.4 Å². The van der Waals surface area contributed by atoms with Gasteiger partial charge in [-0.3, -0.25) is 4.99 Å². The molecule has 0 aliphatic rings. The summed E-state index contributed by atoms with van der Waals surface area (Å²) in [5.41, 5.74) is 6.07. The SMILES string of the molecule is CCC(CC)(CC)N=C(N)C(C)(C)C. The highest BCUT2D eigenvalue weighted by Gasteiger charge is 2.26. The van der Waals surface area contributed by atoms with E-state index < -0.39 is 0 Å². The lowest BCUT2D eigenvalue weighted by Gasteiger charge is -2.29. The number of hydrogen-bond acceptors (Lipinski definition) is 1. The van der Waals surface area contributed by atoms with Crippen LogP contribution >= 0.6 is 0 Å². The minimum Gasteiger partial charge on any atom is -0.387 e. The summed E-state index contributed by atoms with van der Waals surface area (Å²) in [6.07, 6.45) is 3.20. The predicted molar refractivity (Wildman–Crippen MR) is 64.7 cm³/mol. The monoisotopic (exact) mass is 198 g/mol. The Labute approximate surface area is 89.0 Å². The molecule has 2 nitrogen and oxygen atoms in total. The van der Waals surface area contributed by atoms with Gasteiger partial charge in [-0.05, 0) is 19.3 Å². The molecule has 0 aromatic rings. The van der Waals surface area contributed by atoms with Crippen molar-refractivity contribution in [2.75, 3.05) is 0 Å². The van der Waals surface area contributed by atoms with Gasteiger partial charge in [0.2, 0.25) is 0 Å². The Balaban J connectivity index is 4.90. The van der Waals surface area contributed by atoms with Gasteiger partial charge in [-0.2, -0.15) is 0 Å². The summed E-state index contributed by atoms with van der Waals surface area (Å²) in [6.45, 7) is 12.9. The number of aliphatic imine (C=N–C) groups is 1. The highest BCUT2D eigenvalue weighted by molar-refractivity contribution is 5.85. The van der Waals surface area contributed by atoms with E-state index in [1.54, 1.807) is 0 Å². The molecule has 14 heavy (non-hydrogen) atoms. The minimum absolute atomic E-state index is 0.00917. The molecule has 2 N–H and O–H groups in total. The maximum Gasteiger partial charge on any atom is 0.0998 e. The van der Waals surface area contributed by atoms with Gasteiger partial charge >= 0.3 is 0 Å². The maximum absolute atomic E-state index is 6.01. The fourth-order valence-corrected chi connectivity index (χ4v) is 1.41. The highest BCUT2D eigenvalue weighted by Crippen LogP contribution is 2.26. The fourth-order valence-electron chi connectivity index (χ4n) is 1.41. The van der Waals surface area contributed by atoms with Crippen LogP contribution in [0.1, 0.15) is 60.8 Å². The van der Waals surface area contributed by atoms with Crippen molar-refractivity contribution in [1.82, 2.24) is 0 Å². The van der Waals surface area contributed by atoms with E-state index >= 15 is 0 Å². The van der Waals surface area contributed by atoms with Crippen molar-refractivity contribution in [3.8, 4) is 0 Å². The molecular weight excluding hydrogens is 172 g/mol. The standard InChI is InChI=1S/C12H26N2/c1-7-12(8-2,9-3)14-10(13)11(4,5)6/h7-9H2,1-6H3,(H2,13,14). The van der Waals surface area contributed by atoms with E-state index in [4.69, 9.17) is 10.7 Å². The molecule has 0 rings (SSSR count). The molecule has 0 saturated carbocycles. The highest BCUT2D eigenvalue weighted by atomic mass is 14.9. The third kappa shape index (κ3) is 3.32. The summed E-state index contributed by atoms with van der Waals surface area (Å²) in [5.74, 6) is 0.781. The maximum atomic E-state index is 6.01. The first kappa shape index (κ1) is 13.5. The number of nitrogens with zero attached hydrogens (tertiary/aromatic N) is 1. The molecule has 0 bridgehead atoms. The Hall–Kier alpha value is -0.530. The summed E-state index contributed by atoms with van der Waals surface area (Å²) in [7, 11) is 0. The van der Waals surface area contributed by atoms with Gasteiger partial charge < -0.3 is 5.73 Å². The minimum atomic E-state index is -0.00917. The van der Waals surface area contributed by atoms with Crippen LogP contribution in [0.15, 0.2) is 4.99 Å². The Bertz CT molecular complexity index is 187. The van der Waals surface area contributed by atoms with Gasteiger partial charge in [0.1, 0.15) is 0 Å². The van der Waals surface area contributed by atoms with Crippen LogP contribution in [0.3, 0.4) is 0 Å². The van der Waals surface area contributed by atoms with Gasteiger partial charge in [-0.15, -0.1) is 0 Å². The van der Waals surface area contributed by atoms with Gasteiger partial charge in [-0.25, -0.2) is 0 Å². The molecule has 0 aliphatic heterocycles. The van der Waals surface area contributed by atoms with E-state index in [9.17, 15) is 0 Å². The van der Waals surface area contributed by atoms with E-state index in [2.05, 4.69) is 41.5 Å². The topological polar surface area (TPSA) is 38.4 Å². The third-order valence-electron chi connectivity index (χ3n) is 3.10. The number of nitrogens with two attached hydrogens (primary N) is 1. The molecule has 0 fully saturated rings. The normalized spacial score (nSPS) is 14.6. The molecule has 2 heteroatoms. The summed E-state index contributed by atoms with van der Waals surface area (Å²) < 4.78 is 0. The number of amidine groups is 1. The van der Waals surface area contributed by atoms with Crippen molar-refractivity contribution >= 4 is 5.84 Å². The average molecular weight is 198 g/mol. The molecule has 0 saturated heterocycles. The molecule has 0 aromatic heterocycles. The summed E-state index contributed by atoms with van der Waals surface area (Å²) in [6, 6.07) is 0. The molecule has 0 atom stereocenters. The van der Waals surface area contributed by atoms with Crippen molar-refractivity contribution < 1.29 is 0 Å². The van der Waals surface area contributed by atoms with Crippen LogP contribution in [-0.4, -0.2) is 11.4 Å². The molecular formula is C12H26N2. The Morgan fingerprint density at radius 3 is 1.57 bits per heavy atom. The van der Waals surface area contributed by atoms with Crippen molar-refractivity contribution in [3.05, 3.63) is 0 Å². The van der Waals surface area contributed by atoms with Crippen LogP contribution < -0.4 is 5.73 Å². The molecule has 0 aliphatic carbocycles. The average Bonchev–Trinajstić information content (AvgIpc) is 2.12. The number of hydrogen-bond donors (Lipinski definition) is 1. The molecule has 0 spiro atoms. The van der Waals surface area contributed by atoms with Crippen molar-refractivity contribution in [2.24, 2.45) is 16.1 Å². The predicted octanol–water partition coefficient (Wildman–Crippen LogP) is 3.36. The van der Waals surface area contributed by atoms with E-state index in [-0.39, 0.29) is 11.0 Å². The summed E-state index contributed by atoms with van der Waals surface area (Å²) >= 11 is 0. The Kier molecular flexibility index (Phi) is 4.63. The molecule has 0 unspecified atom stereocenters. The zero-order chi connectivity index (χ0) is 11.4. The van der Waals surface area contributed by atoms with E-state index in [0.29, 0.717) is 0 Å². The van der Waals surface area contributed by atoms with Crippen molar-refractivity contribution in [1.29, 1.82) is 0 Å². The van der Waals surface area contributed by atoms with Crippen LogP contribution in [0, 0.1) is 5.41 Å². The second-order valence-electron chi connectivity index (χ2n) is 5.03. The van der Waals surface area contributed by atoms with Crippen LogP contribution in [0.2, 0.25) is 0 Å². The van der Waals surface area contributed by atoms with E-state index in [1.165, 1.54) is 0 Å². The van der Waals surface area contributed by atoms with Crippen molar-refractivity contribution in [3.63, 3.8) is 0 Å².